The van der Waals surface area contributed by atoms with E-state index in [1.165, 1.54) is 19.0 Å². The molecule has 1 saturated heterocycles. The number of carbonyl (C=O) groups excluding carboxylic acids is 1. The maximum absolute atomic E-state index is 11.5. The van der Waals surface area contributed by atoms with Crippen molar-refractivity contribution < 1.29 is 9.53 Å². The third kappa shape index (κ3) is 3.91. The summed E-state index contributed by atoms with van der Waals surface area (Å²) in [5.74, 6) is 1.48. The number of ether oxygens (including phenoxy) is 1. The first-order valence-electron chi connectivity index (χ1n) is 9.40. The molecule has 3 aromatic rings. The van der Waals surface area contributed by atoms with Crippen LogP contribution >= 0.6 is 0 Å². The van der Waals surface area contributed by atoms with Crippen LogP contribution in [0.3, 0.4) is 0 Å². The number of fused-ring (bicyclic) bond motifs is 1. The van der Waals surface area contributed by atoms with Gasteiger partial charge in [-0.3, -0.25) is 9.20 Å². The Morgan fingerprint density at radius 2 is 2.00 bits per heavy atom. The van der Waals surface area contributed by atoms with Gasteiger partial charge in [-0.2, -0.15) is 0 Å². The summed E-state index contributed by atoms with van der Waals surface area (Å²) in [5.41, 5.74) is 7.07. The molecular formula is C20H24N6O2. The highest BCUT2D eigenvalue weighted by Gasteiger charge is 2.17. The number of nitrogens with one attached hydrogen (secondary N) is 1. The topological polar surface area (TPSA) is 97.8 Å². The van der Waals surface area contributed by atoms with Crippen LogP contribution < -0.4 is 15.8 Å². The van der Waals surface area contributed by atoms with Crippen molar-refractivity contribution in [3.63, 3.8) is 0 Å². The number of benzene rings is 1. The Morgan fingerprint density at radius 1 is 1.25 bits per heavy atom. The van der Waals surface area contributed by atoms with Crippen LogP contribution in [0.2, 0.25) is 0 Å². The normalized spacial score (nSPS) is 15.6. The van der Waals surface area contributed by atoms with E-state index in [1.54, 1.807) is 16.8 Å². The Kier molecular flexibility index (Phi) is 5.12. The summed E-state index contributed by atoms with van der Waals surface area (Å²) < 4.78 is 7.58. The molecular weight excluding hydrogens is 356 g/mol. The van der Waals surface area contributed by atoms with Crippen molar-refractivity contribution in [3.05, 3.63) is 48.5 Å². The molecule has 1 aliphatic heterocycles. The Labute approximate surface area is 163 Å². The number of piperidine rings is 1. The summed E-state index contributed by atoms with van der Waals surface area (Å²) in [6.45, 7) is 3.03. The van der Waals surface area contributed by atoms with Crippen LogP contribution in [0.1, 0.15) is 23.3 Å². The number of nitrogens with two attached hydrogens (primary N) is 1. The van der Waals surface area contributed by atoms with Crippen molar-refractivity contribution in [1.82, 2.24) is 19.3 Å². The quantitative estimate of drug-likeness (QED) is 0.681. The Morgan fingerprint density at radius 3 is 2.71 bits per heavy atom. The summed E-state index contributed by atoms with van der Waals surface area (Å²) in [7, 11) is 2.16. The van der Waals surface area contributed by atoms with Crippen molar-refractivity contribution >= 4 is 23.1 Å². The predicted octanol–water partition coefficient (Wildman–Crippen LogP) is 2.29. The highest BCUT2D eigenvalue weighted by atomic mass is 16.5. The lowest BCUT2D eigenvalue weighted by atomic mass is 9.98. The highest BCUT2D eigenvalue weighted by molar-refractivity contribution is 5.92. The minimum Gasteiger partial charge on any atom is -0.493 e. The maximum atomic E-state index is 11.5. The van der Waals surface area contributed by atoms with Gasteiger partial charge in [0, 0.05) is 18.1 Å². The number of imidazole rings is 1. The number of nitrogens with zero attached hydrogens (tertiary/aromatic N) is 4. The van der Waals surface area contributed by atoms with E-state index >= 15 is 0 Å². The van der Waals surface area contributed by atoms with Crippen LogP contribution in [0.25, 0.3) is 5.65 Å². The number of aromatic nitrogens is 3. The van der Waals surface area contributed by atoms with Gasteiger partial charge in [-0.05, 0) is 63.2 Å². The third-order valence-electron chi connectivity index (χ3n) is 5.12. The number of anilines is 2. The zero-order valence-electron chi connectivity index (χ0n) is 15.8. The number of likely N-dealkylation sites (tertiary alicyclic amines) is 1. The van der Waals surface area contributed by atoms with E-state index in [4.69, 9.17) is 10.5 Å². The minimum absolute atomic E-state index is 0.288. The summed E-state index contributed by atoms with van der Waals surface area (Å²) in [5, 5.41) is 3.23. The molecule has 1 amide bonds. The van der Waals surface area contributed by atoms with Gasteiger partial charge in [0.1, 0.15) is 11.4 Å². The van der Waals surface area contributed by atoms with E-state index in [1.807, 2.05) is 24.3 Å². The van der Waals surface area contributed by atoms with E-state index in [-0.39, 0.29) is 5.69 Å². The Hall–Kier alpha value is -3.13. The van der Waals surface area contributed by atoms with E-state index < -0.39 is 5.91 Å². The largest absolute Gasteiger partial charge is 0.493 e. The molecule has 1 aliphatic rings. The van der Waals surface area contributed by atoms with Crippen LogP contribution in [0.15, 0.2) is 42.9 Å². The number of primary amides is 1. The molecule has 28 heavy (non-hydrogen) atoms. The molecule has 3 N–H and O–H groups in total. The summed E-state index contributed by atoms with van der Waals surface area (Å²) in [6.07, 6.45) is 7.10. The smallest absolute Gasteiger partial charge is 0.267 e. The molecule has 0 saturated carbocycles. The fourth-order valence-electron chi connectivity index (χ4n) is 3.40. The molecule has 0 atom stereocenters. The van der Waals surface area contributed by atoms with Gasteiger partial charge in [0.15, 0.2) is 11.5 Å². The molecule has 0 spiro atoms. The van der Waals surface area contributed by atoms with Gasteiger partial charge in [0.05, 0.1) is 12.8 Å². The number of hydrogen-bond acceptors (Lipinski definition) is 6. The second-order valence-corrected chi connectivity index (χ2v) is 7.18. The van der Waals surface area contributed by atoms with E-state index in [9.17, 15) is 4.79 Å². The first kappa shape index (κ1) is 18.2. The zero-order chi connectivity index (χ0) is 19.5. The van der Waals surface area contributed by atoms with Crippen LogP contribution in [0, 0.1) is 5.92 Å². The predicted molar refractivity (Wildman–Crippen MR) is 107 cm³/mol. The molecule has 0 bridgehead atoms. The number of carbonyl (C=O) groups is 1. The number of amides is 1. The zero-order valence-corrected chi connectivity index (χ0v) is 15.8. The number of hydrogen-bond donors (Lipinski definition) is 2. The van der Waals surface area contributed by atoms with E-state index in [0.717, 1.165) is 31.1 Å². The van der Waals surface area contributed by atoms with Crippen LogP contribution in [0.4, 0.5) is 11.5 Å². The van der Waals surface area contributed by atoms with Gasteiger partial charge in [-0.15, -0.1) is 0 Å². The minimum atomic E-state index is -0.548. The summed E-state index contributed by atoms with van der Waals surface area (Å²) in [6, 6.07) is 7.76. The molecule has 146 valence electrons. The molecule has 8 nitrogen and oxygen atoms in total. The highest BCUT2D eigenvalue weighted by Crippen LogP contribution is 2.23. The molecule has 8 heteroatoms. The Bertz CT molecular complexity index is 960. The molecule has 2 aromatic heterocycles. The monoisotopic (exact) mass is 380 g/mol. The van der Waals surface area contributed by atoms with Crippen molar-refractivity contribution in [2.24, 2.45) is 11.7 Å². The standard InChI is InChI=1S/C20H24N6O2/c1-25-9-6-14(7-10-25)13-28-16-4-2-15(3-5-16)24-19-20-22-8-11-26(20)17(12-23-19)18(21)27/h2-5,8,11-12,14H,6-7,9-10,13H2,1H3,(H2,21,27)(H,23,24). The van der Waals surface area contributed by atoms with E-state index in [0.29, 0.717) is 17.4 Å². The second-order valence-electron chi connectivity index (χ2n) is 7.18. The van der Waals surface area contributed by atoms with Gasteiger partial charge in [0.2, 0.25) is 0 Å². The van der Waals surface area contributed by atoms with Crippen molar-refractivity contribution in [2.45, 2.75) is 12.8 Å². The van der Waals surface area contributed by atoms with Gasteiger partial charge >= 0.3 is 0 Å². The second kappa shape index (κ2) is 7.85. The van der Waals surface area contributed by atoms with Crippen molar-refractivity contribution in [2.75, 3.05) is 32.1 Å². The van der Waals surface area contributed by atoms with Gasteiger partial charge in [-0.1, -0.05) is 0 Å². The van der Waals surface area contributed by atoms with Crippen molar-refractivity contribution in [3.8, 4) is 5.75 Å². The van der Waals surface area contributed by atoms with Gasteiger partial charge in [0.25, 0.3) is 5.91 Å². The first-order chi connectivity index (χ1) is 13.6. The summed E-state index contributed by atoms with van der Waals surface area (Å²) >= 11 is 0. The fourth-order valence-corrected chi connectivity index (χ4v) is 3.40. The lowest BCUT2D eigenvalue weighted by Gasteiger charge is -2.28. The molecule has 0 aliphatic carbocycles. The lowest BCUT2D eigenvalue weighted by molar-refractivity contribution is 0.0994. The maximum Gasteiger partial charge on any atom is 0.267 e. The molecule has 1 aromatic carbocycles. The third-order valence-corrected chi connectivity index (χ3v) is 5.12. The average molecular weight is 380 g/mol. The SMILES string of the molecule is CN1CCC(COc2ccc(Nc3ncc(C(N)=O)n4ccnc34)cc2)CC1. The lowest BCUT2D eigenvalue weighted by Crippen LogP contribution is -2.32. The first-order valence-corrected chi connectivity index (χ1v) is 9.40. The summed E-state index contributed by atoms with van der Waals surface area (Å²) in [4.78, 5) is 22.4. The number of rotatable bonds is 6. The Balaban J connectivity index is 1.41. The van der Waals surface area contributed by atoms with Gasteiger partial charge < -0.3 is 20.7 Å². The molecule has 3 heterocycles. The van der Waals surface area contributed by atoms with Crippen LogP contribution in [0.5, 0.6) is 5.75 Å². The van der Waals surface area contributed by atoms with Crippen LogP contribution in [-0.2, 0) is 0 Å². The molecule has 1 fully saturated rings. The molecule has 4 rings (SSSR count). The van der Waals surface area contributed by atoms with Gasteiger partial charge in [-0.25, -0.2) is 9.97 Å². The van der Waals surface area contributed by atoms with Crippen LogP contribution in [-0.4, -0.2) is 51.9 Å². The molecule has 0 radical (unpaired) electrons. The van der Waals surface area contributed by atoms with Crippen molar-refractivity contribution in [1.29, 1.82) is 0 Å². The average Bonchev–Trinajstić information content (AvgIpc) is 3.19. The van der Waals surface area contributed by atoms with E-state index in [2.05, 4.69) is 27.2 Å². The fraction of sp³-hybridized carbons (Fsp3) is 0.350. The molecule has 0 unspecified atom stereocenters.